The van der Waals surface area contributed by atoms with Crippen molar-refractivity contribution >= 4 is 9.84 Å². The summed E-state index contributed by atoms with van der Waals surface area (Å²) in [6.07, 6.45) is 6.19. The molecule has 2 atom stereocenters. The van der Waals surface area contributed by atoms with Crippen LogP contribution in [0, 0.1) is 22.7 Å². The molecule has 0 heterocycles. The van der Waals surface area contributed by atoms with Crippen molar-refractivity contribution in [1.82, 2.24) is 0 Å². The summed E-state index contributed by atoms with van der Waals surface area (Å²) in [6.45, 7) is 5.96. The molecule has 19 heavy (non-hydrogen) atoms. The van der Waals surface area contributed by atoms with Crippen LogP contribution in [0.3, 0.4) is 0 Å². The molecular formula is C15H27NO2S. The zero-order chi connectivity index (χ0) is 14.5. The van der Waals surface area contributed by atoms with Crippen molar-refractivity contribution in [2.24, 2.45) is 11.3 Å². The summed E-state index contributed by atoms with van der Waals surface area (Å²) in [7, 11) is -2.92. The van der Waals surface area contributed by atoms with Crippen molar-refractivity contribution in [1.29, 1.82) is 5.26 Å². The molecule has 4 heteroatoms. The summed E-state index contributed by atoms with van der Waals surface area (Å²) in [6, 6.07) is 2.26. The monoisotopic (exact) mass is 285 g/mol. The van der Waals surface area contributed by atoms with Gasteiger partial charge in [0.1, 0.15) is 0 Å². The van der Waals surface area contributed by atoms with Gasteiger partial charge >= 0.3 is 0 Å². The van der Waals surface area contributed by atoms with Gasteiger partial charge in [-0.3, -0.25) is 0 Å². The molecule has 0 aromatic rings. The molecule has 0 saturated heterocycles. The zero-order valence-electron chi connectivity index (χ0n) is 12.5. The number of sulfone groups is 1. The van der Waals surface area contributed by atoms with Gasteiger partial charge in [0.2, 0.25) is 0 Å². The molecular weight excluding hydrogens is 258 g/mol. The molecule has 0 bridgehead atoms. The van der Waals surface area contributed by atoms with Gasteiger partial charge in [-0.05, 0) is 45.4 Å². The SMILES string of the molecule is CC1CCCC(S(=O)(=O)CCCCC(C)(C)C#N)C1. The van der Waals surface area contributed by atoms with Gasteiger partial charge in [-0.2, -0.15) is 5.26 Å². The molecule has 0 aromatic heterocycles. The smallest absolute Gasteiger partial charge is 0.153 e. The molecule has 0 aromatic carbocycles. The van der Waals surface area contributed by atoms with Crippen molar-refractivity contribution in [3.05, 3.63) is 0 Å². The Bertz CT molecular complexity index is 420. The first-order valence-corrected chi connectivity index (χ1v) is 9.11. The average Bonchev–Trinajstić information content (AvgIpc) is 2.35. The van der Waals surface area contributed by atoms with Gasteiger partial charge in [0, 0.05) is 0 Å². The quantitative estimate of drug-likeness (QED) is 0.699. The average molecular weight is 285 g/mol. The summed E-state index contributed by atoms with van der Waals surface area (Å²) in [5.41, 5.74) is -0.330. The van der Waals surface area contributed by atoms with Gasteiger partial charge in [0.15, 0.2) is 9.84 Å². The van der Waals surface area contributed by atoms with E-state index in [2.05, 4.69) is 13.0 Å². The molecule has 1 rings (SSSR count). The Labute approximate surface area is 118 Å². The van der Waals surface area contributed by atoms with Crippen LogP contribution in [0.5, 0.6) is 0 Å². The van der Waals surface area contributed by atoms with Gasteiger partial charge in [0.05, 0.1) is 22.5 Å². The number of nitrogens with zero attached hydrogens (tertiary/aromatic N) is 1. The predicted molar refractivity (Wildman–Crippen MR) is 78.5 cm³/mol. The third-order valence-corrected chi connectivity index (χ3v) is 6.48. The van der Waals surface area contributed by atoms with Gasteiger partial charge in [-0.25, -0.2) is 8.42 Å². The molecule has 0 amide bonds. The molecule has 0 spiro atoms. The van der Waals surface area contributed by atoms with Crippen molar-refractivity contribution in [3.63, 3.8) is 0 Å². The zero-order valence-corrected chi connectivity index (χ0v) is 13.3. The fourth-order valence-corrected chi connectivity index (χ4v) is 4.88. The van der Waals surface area contributed by atoms with E-state index >= 15 is 0 Å². The lowest BCUT2D eigenvalue weighted by Crippen LogP contribution is -2.29. The highest BCUT2D eigenvalue weighted by atomic mass is 32.2. The van der Waals surface area contributed by atoms with Crippen molar-refractivity contribution < 1.29 is 8.42 Å². The van der Waals surface area contributed by atoms with Crippen molar-refractivity contribution in [3.8, 4) is 6.07 Å². The van der Waals surface area contributed by atoms with Crippen LogP contribution in [0.1, 0.15) is 65.7 Å². The molecule has 110 valence electrons. The van der Waals surface area contributed by atoms with Crippen LogP contribution in [-0.4, -0.2) is 19.4 Å². The second kappa shape index (κ2) is 6.74. The van der Waals surface area contributed by atoms with E-state index in [1.165, 1.54) is 6.42 Å². The highest BCUT2D eigenvalue weighted by Gasteiger charge is 2.29. The molecule has 1 fully saturated rings. The molecule has 0 radical (unpaired) electrons. The summed E-state index contributed by atoms with van der Waals surface area (Å²) in [5, 5.41) is 8.81. The first kappa shape index (κ1) is 16.5. The van der Waals surface area contributed by atoms with Gasteiger partial charge in [-0.1, -0.05) is 26.2 Å². The minimum atomic E-state index is -2.92. The van der Waals surface area contributed by atoms with E-state index in [1.807, 2.05) is 13.8 Å². The van der Waals surface area contributed by atoms with Gasteiger partial charge in [-0.15, -0.1) is 0 Å². The van der Waals surface area contributed by atoms with Crippen LogP contribution < -0.4 is 0 Å². The Kier molecular flexibility index (Phi) is 5.85. The van der Waals surface area contributed by atoms with Crippen molar-refractivity contribution in [2.45, 2.75) is 71.0 Å². The Hall–Kier alpha value is -0.560. The first-order valence-electron chi connectivity index (χ1n) is 7.40. The van der Waals surface area contributed by atoms with E-state index in [9.17, 15) is 8.42 Å². The highest BCUT2D eigenvalue weighted by molar-refractivity contribution is 7.92. The summed E-state index contributed by atoms with van der Waals surface area (Å²) in [4.78, 5) is 0. The lowest BCUT2D eigenvalue weighted by Gasteiger charge is -2.26. The number of nitriles is 1. The molecule has 2 unspecified atom stereocenters. The van der Waals surface area contributed by atoms with E-state index in [1.54, 1.807) is 0 Å². The molecule has 0 aliphatic heterocycles. The van der Waals surface area contributed by atoms with Crippen LogP contribution in [-0.2, 0) is 9.84 Å². The van der Waals surface area contributed by atoms with E-state index in [0.717, 1.165) is 32.1 Å². The summed E-state index contributed by atoms with van der Waals surface area (Å²) >= 11 is 0. The van der Waals surface area contributed by atoms with Crippen LogP contribution >= 0.6 is 0 Å². The highest BCUT2D eigenvalue weighted by Crippen LogP contribution is 2.29. The maximum absolute atomic E-state index is 12.3. The number of rotatable bonds is 6. The van der Waals surface area contributed by atoms with E-state index < -0.39 is 9.84 Å². The number of hydrogen-bond acceptors (Lipinski definition) is 3. The van der Waals surface area contributed by atoms with E-state index in [4.69, 9.17) is 5.26 Å². The van der Waals surface area contributed by atoms with E-state index in [0.29, 0.717) is 18.1 Å². The number of unbranched alkanes of at least 4 members (excludes halogenated alkanes) is 1. The topological polar surface area (TPSA) is 57.9 Å². The minimum Gasteiger partial charge on any atom is -0.229 e. The molecule has 1 aliphatic carbocycles. The van der Waals surface area contributed by atoms with Crippen LogP contribution in [0.4, 0.5) is 0 Å². The third-order valence-electron chi connectivity index (χ3n) is 4.18. The van der Waals surface area contributed by atoms with Crippen LogP contribution in [0.15, 0.2) is 0 Å². The standard InChI is InChI=1S/C15H27NO2S/c1-13-7-6-8-14(11-13)19(17,18)10-5-4-9-15(2,3)12-16/h13-14H,4-11H2,1-3H3. The molecule has 1 saturated carbocycles. The van der Waals surface area contributed by atoms with Crippen LogP contribution in [0.2, 0.25) is 0 Å². The fourth-order valence-electron chi connectivity index (χ4n) is 2.80. The molecule has 0 N–H and O–H groups in total. The fraction of sp³-hybridized carbons (Fsp3) is 0.933. The summed E-state index contributed by atoms with van der Waals surface area (Å²) in [5.74, 6) is 0.845. The third kappa shape index (κ3) is 5.52. The largest absolute Gasteiger partial charge is 0.229 e. The Morgan fingerprint density at radius 3 is 2.53 bits per heavy atom. The lowest BCUT2D eigenvalue weighted by molar-refractivity contribution is 0.381. The first-order chi connectivity index (χ1) is 8.77. The maximum Gasteiger partial charge on any atom is 0.153 e. The maximum atomic E-state index is 12.3. The number of hydrogen-bond donors (Lipinski definition) is 0. The molecule has 3 nitrogen and oxygen atoms in total. The molecule has 1 aliphatic rings. The normalized spacial score (nSPS) is 24.9. The lowest BCUT2D eigenvalue weighted by atomic mass is 9.89. The Morgan fingerprint density at radius 1 is 1.26 bits per heavy atom. The van der Waals surface area contributed by atoms with E-state index in [-0.39, 0.29) is 10.7 Å². The van der Waals surface area contributed by atoms with Gasteiger partial charge in [0.25, 0.3) is 0 Å². The van der Waals surface area contributed by atoms with Crippen molar-refractivity contribution in [2.75, 3.05) is 5.75 Å². The second-order valence-corrected chi connectivity index (χ2v) is 9.11. The summed E-state index contributed by atoms with van der Waals surface area (Å²) < 4.78 is 24.5. The Balaban J connectivity index is 2.37. The van der Waals surface area contributed by atoms with Crippen LogP contribution in [0.25, 0.3) is 0 Å². The van der Waals surface area contributed by atoms with Gasteiger partial charge < -0.3 is 0 Å². The second-order valence-electron chi connectivity index (χ2n) is 6.71. The minimum absolute atomic E-state index is 0.111. The predicted octanol–water partition coefficient (Wildman–Crippen LogP) is 3.70. The Morgan fingerprint density at radius 2 is 1.95 bits per heavy atom.